The molecule has 0 radical (unpaired) electrons. The van der Waals surface area contributed by atoms with Gasteiger partial charge in [0.05, 0.1) is 4.47 Å². The minimum atomic E-state index is -0.888. The summed E-state index contributed by atoms with van der Waals surface area (Å²) in [7, 11) is 1.84. The zero-order valence-corrected chi connectivity index (χ0v) is 14.1. The van der Waals surface area contributed by atoms with Crippen molar-refractivity contribution in [1.29, 1.82) is 0 Å². The predicted molar refractivity (Wildman–Crippen MR) is 88.1 cm³/mol. The van der Waals surface area contributed by atoms with E-state index in [1.165, 1.54) is 17.0 Å². The van der Waals surface area contributed by atoms with Crippen molar-refractivity contribution < 1.29 is 14.3 Å². The molecule has 2 aromatic rings. The maximum atomic E-state index is 13.1. The summed E-state index contributed by atoms with van der Waals surface area (Å²) in [6.45, 7) is 2.12. The lowest BCUT2D eigenvalue weighted by atomic mass is 10.1. The van der Waals surface area contributed by atoms with Crippen molar-refractivity contribution in [2.45, 2.75) is 0 Å². The van der Waals surface area contributed by atoms with Crippen LogP contribution in [0.4, 0.5) is 15.0 Å². The van der Waals surface area contributed by atoms with E-state index in [2.05, 4.69) is 25.9 Å². The average molecular weight is 383 g/mol. The zero-order valence-electron chi connectivity index (χ0n) is 12.5. The molecule has 0 atom stereocenters. The second kappa shape index (κ2) is 6.19. The molecule has 0 spiro atoms. The highest BCUT2D eigenvalue weighted by Crippen LogP contribution is 2.36. The molecule has 0 saturated carbocycles. The normalized spacial score (nSPS) is 15.1. The lowest BCUT2D eigenvalue weighted by Gasteiger charge is -2.34. The van der Waals surface area contributed by atoms with E-state index >= 15 is 0 Å². The van der Waals surface area contributed by atoms with Gasteiger partial charge in [0.15, 0.2) is 0 Å². The van der Waals surface area contributed by atoms with E-state index in [0.717, 1.165) is 21.5 Å². The van der Waals surface area contributed by atoms with E-state index in [1.54, 1.807) is 16.8 Å². The van der Waals surface area contributed by atoms with Crippen molar-refractivity contribution in [2.75, 3.05) is 31.1 Å². The monoisotopic (exact) mass is 382 g/mol. The zero-order chi connectivity index (χ0) is 16.6. The lowest BCUT2D eigenvalue weighted by molar-refractivity contribution is 0.142. The Morgan fingerprint density at radius 2 is 1.83 bits per heavy atom. The Morgan fingerprint density at radius 1 is 1.22 bits per heavy atom. The van der Waals surface area contributed by atoms with Crippen LogP contribution < -0.4 is 4.90 Å². The molecule has 1 aliphatic rings. The fourth-order valence-corrected chi connectivity index (χ4v) is 3.55. The highest BCUT2D eigenvalue weighted by atomic mass is 79.9. The number of hydrogen-bond donors (Lipinski definition) is 1. The van der Waals surface area contributed by atoms with Crippen molar-refractivity contribution >= 4 is 27.8 Å². The first kappa shape index (κ1) is 15.8. The fourth-order valence-electron chi connectivity index (χ4n) is 2.73. The summed E-state index contributed by atoms with van der Waals surface area (Å²) in [5, 5.41) is 13.5. The molecule has 6 nitrogen and oxygen atoms in total. The molecule has 2 heterocycles. The summed E-state index contributed by atoms with van der Waals surface area (Å²) in [6, 6.07) is 6.19. The van der Waals surface area contributed by atoms with Crippen LogP contribution in [0.2, 0.25) is 0 Å². The molecule has 1 saturated heterocycles. The second-order valence-electron chi connectivity index (χ2n) is 5.37. The molecule has 0 unspecified atom stereocenters. The first-order valence-corrected chi connectivity index (χ1v) is 7.98. The molecule has 122 valence electrons. The minimum absolute atomic E-state index is 0.286. The van der Waals surface area contributed by atoms with Crippen LogP contribution in [0.5, 0.6) is 0 Å². The second-order valence-corrected chi connectivity index (χ2v) is 6.17. The summed E-state index contributed by atoms with van der Waals surface area (Å²) in [6.07, 6.45) is -0.888. The number of hydrogen-bond acceptors (Lipinski definition) is 3. The largest absolute Gasteiger partial charge is 0.465 e. The molecule has 3 rings (SSSR count). The summed E-state index contributed by atoms with van der Waals surface area (Å²) < 4.78 is 15.7. The Bertz CT molecular complexity index is 724. The van der Waals surface area contributed by atoms with E-state index in [-0.39, 0.29) is 5.82 Å². The van der Waals surface area contributed by atoms with Gasteiger partial charge in [-0.3, -0.25) is 4.68 Å². The van der Waals surface area contributed by atoms with Crippen LogP contribution in [-0.4, -0.2) is 52.1 Å². The van der Waals surface area contributed by atoms with Gasteiger partial charge in [0.2, 0.25) is 0 Å². The Kier molecular flexibility index (Phi) is 4.25. The van der Waals surface area contributed by atoms with Gasteiger partial charge in [-0.25, -0.2) is 9.18 Å². The molecule has 23 heavy (non-hydrogen) atoms. The van der Waals surface area contributed by atoms with Crippen LogP contribution in [0.3, 0.4) is 0 Å². The number of nitrogens with zero attached hydrogens (tertiary/aromatic N) is 4. The SMILES string of the molecule is Cn1nc(-c2ccc(F)cc2)c(Br)c1N1CCN(C(=O)O)CC1. The Morgan fingerprint density at radius 3 is 2.39 bits per heavy atom. The Hall–Kier alpha value is -2.09. The van der Waals surface area contributed by atoms with Crippen LogP contribution in [0.15, 0.2) is 28.7 Å². The molecular weight excluding hydrogens is 367 g/mol. The number of benzene rings is 1. The van der Waals surface area contributed by atoms with E-state index in [4.69, 9.17) is 5.11 Å². The highest BCUT2D eigenvalue weighted by Gasteiger charge is 2.26. The molecule has 0 bridgehead atoms. The maximum absolute atomic E-state index is 13.1. The molecular formula is C15H16BrFN4O2. The van der Waals surface area contributed by atoms with Crippen molar-refractivity contribution in [3.05, 3.63) is 34.6 Å². The average Bonchev–Trinajstić information content (AvgIpc) is 2.83. The highest BCUT2D eigenvalue weighted by molar-refractivity contribution is 9.10. The van der Waals surface area contributed by atoms with Crippen LogP contribution in [0.1, 0.15) is 0 Å². The summed E-state index contributed by atoms with van der Waals surface area (Å²) in [4.78, 5) is 14.5. The van der Waals surface area contributed by atoms with E-state index in [1.807, 2.05) is 7.05 Å². The van der Waals surface area contributed by atoms with Gasteiger partial charge in [-0.2, -0.15) is 5.10 Å². The Balaban J connectivity index is 1.87. The van der Waals surface area contributed by atoms with E-state index < -0.39 is 6.09 Å². The fraction of sp³-hybridized carbons (Fsp3) is 0.333. The van der Waals surface area contributed by atoms with Gasteiger partial charge in [0, 0.05) is 38.8 Å². The third-order valence-electron chi connectivity index (χ3n) is 3.93. The maximum Gasteiger partial charge on any atom is 0.407 e. The molecule has 1 aromatic carbocycles. The standard InChI is InChI=1S/C15H16BrFN4O2/c1-19-14(20-6-8-21(9-7-20)15(22)23)12(16)13(18-19)10-2-4-11(17)5-3-10/h2-5H,6-9H2,1H3,(H,22,23). The Labute approximate surface area is 141 Å². The molecule has 1 N–H and O–H groups in total. The van der Waals surface area contributed by atoms with Crippen molar-refractivity contribution in [3.8, 4) is 11.3 Å². The smallest absolute Gasteiger partial charge is 0.407 e. The van der Waals surface area contributed by atoms with Gasteiger partial charge in [-0.05, 0) is 40.2 Å². The van der Waals surface area contributed by atoms with Gasteiger partial charge in [-0.1, -0.05) is 0 Å². The third-order valence-corrected chi connectivity index (χ3v) is 4.66. The predicted octanol–water partition coefficient (Wildman–Crippen LogP) is 2.79. The van der Waals surface area contributed by atoms with Gasteiger partial charge < -0.3 is 14.9 Å². The van der Waals surface area contributed by atoms with E-state index in [0.29, 0.717) is 26.2 Å². The van der Waals surface area contributed by atoms with Crippen molar-refractivity contribution in [3.63, 3.8) is 0 Å². The first-order chi connectivity index (χ1) is 11.0. The molecule has 8 heteroatoms. The summed E-state index contributed by atoms with van der Waals surface area (Å²) >= 11 is 3.59. The minimum Gasteiger partial charge on any atom is -0.465 e. The number of aryl methyl sites for hydroxylation is 1. The third kappa shape index (κ3) is 3.03. The summed E-state index contributed by atoms with van der Waals surface area (Å²) in [5.74, 6) is 0.611. The molecule has 0 aliphatic carbocycles. The number of anilines is 1. The molecule has 1 aromatic heterocycles. The van der Waals surface area contributed by atoms with Crippen LogP contribution in [0.25, 0.3) is 11.3 Å². The van der Waals surface area contributed by atoms with Crippen LogP contribution >= 0.6 is 15.9 Å². The van der Waals surface area contributed by atoms with Crippen LogP contribution in [0, 0.1) is 5.82 Å². The number of aromatic nitrogens is 2. The molecule has 1 amide bonds. The van der Waals surface area contributed by atoms with Gasteiger partial charge in [-0.15, -0.1) is 0 Å². The first-order valence-electron chi connectivity index (χ1n) is 7.18. The number of amides is 1. The van der Waals surface area contributed by atoms with Crippen LogP contribution in [-0.2, 0) is 7.05 Å². The number of carbonyl (C=O) groups is 1. The topological polar surface area (TPSA) is 61.6 Å². The van der Waals surface area contributed by atoms with Gasteiger partial charge in [0.25, 0.3) is 0 Å². The number of carboxylic acid groups (broad SMARTS) is 1. The van der Waals surface area contributed by atoms with Crippen molar-refractivity contribution in [2.24, 2.45) is 7.05 Å². The lowest BCUT2D eigenvalue weighted by Crippen LogP contribution is -2.48. The van der Waals surface area contributed by atoms with Gasteiger partial charge in [0.1, 0.15) is 17.3 Å². The molecule has 1 aliphatic heterocycles. The van der Waals surface area contributed by atoms with Crippen molar-refractivity contribution in [1.82, 2.24) is 14.7 Å². The molecule has 1 fully saturated rings. The summed E-state index contributed by atoms with van der Waals surface area (Å²) in [5.41, 5.74) is 1.56. The number of halogens is 2. The number of piperazine rings is 1. The van der Waals surface area contributed by atoms with E-state index in [9.17, 15) is 9.18 Å². The number of rotatable bonds is 2. The quantitative estimate of drug-likeness (QED) is 0.867. The van der Waals surface area contributed by atoms with Gasteiger partial charge >= 0.3 is 6.09 Å².